The van der Waals surface area contributed by atoms with Gasteiger partial charge in [0, 0.05) is 29.5 Å². The summed E-state index contributed by atoms with van der Waals surface area (Å²) in [5.41, 5.74) is 6.51. The highest BCUT2D eigenvalue weighted by atomic mass is 15.2. The van der Waals surface area contributed by atoms with Gasteiger partial charge in [-0.2, -0.15) is 0 Å². The standard InChI is InChI=1S/C23H32N2/c1-5-24-17(2)10-11-18(3)25-16-22-15-21(12-13-23(22)19(25)4)14-20-8-6-7-9-20/h5,12-13,15,18,20,24H,1-2,4,6-11,14,16H2,3H3. The van der Waals surface area contributed by atoms with Crippen LogP contribution in [0.15, 0.2) is 49.8 Å². The number of hydrogen-bond donors (Lipinski definition) is 1. The third-order valence-corrected chi connectivity index (χ3v) is 5.87. The first-order chi connectivity index (χ1) is 12.1. The van der Waals surface area contributed by atoms with Crippen molar-refractivity contribution in [2.75, 3.05) is 0 Å². The van der Waals surface area contributed by atoms with Crippen LogP contribution in [0.2, 0.25) is 0 Å². The van der Waals surface area contributed by atoms with Crippen molar-refractivity contribution < 1.29 is 0 Å². The zero-order valence-corrected chi connectivity index (χ0v) is 15.7. The molecule has 1 fully saturated rings. The van der Waals surface area contributed by atoms with E-state index in [0.717, 1.165) is 31.0 Å². The first kappa shape index (κ1) is 17.8. The number of allylic oxidation sites excluding steroid dienone is 1. The summed E-state index contributed by atoms with van der Waals surface area (Å²) in [6, 6.07) is 7.52. The fourth-order valence-corrected chi connectivity index (χ4v) is 4.35. The van der Waals surface area contributed by atoms with E-state index in [1.165, 1.54) is 54.5 Å². The van der Waals surface area contributed by atoms with E-state index in [0.29, 0.717) is 6.04 Å². The van der Waals surface area contributed by atoms with Gasteiger partial charge in [0.1, 0.15) is 0 Å². The van der Waals surface area contributed by atoms with Gasteiger partial charge in [0.2, 0.25) is 0 Å². The van der Waals surface area contributed by atoms with Crippen LogP contribution in [-0.2, 0) is 13.0 Å². The van der Waals surface area contributed by atoms with E-state index in [1.54, 1.807) is 6.20 Å². The van der Waals surface area contributed by atoms with E-state index in [9.17, 15) is 0 Å². The van der Waals surface area contributed by atoms with Gasteiger partial charge in [-0.25, -0.2) is 0 Å². The molecule has 0 spiro atoms. The molecule has 1 heterocycles. The molecule has 25 heavy (non-hydrogen) atoms. The highest BCUT2D eigenvalue weighted by Crippen LogP contribution is 2.36. The van der Waals surface area contributed by atoms with Crippen molar-refractivity contribution in [1.29, 1.82) is 0 Å². The molecular formula is C23H32N2. The molecule has 1 aliphatic heterocycles. The predicted octanol–water partition coefficient (Wildman–Crippen LogP) is 5.62. The molecule has 0 saturated heterocycles. The Morgan fingerprint density at radius 1 is 1.36 bits per heavy atom. The van der Waals surface area contributed by atoms with Gasteiger partial charge in [0.25, 0.3) is 0 Å². The Kier molecular flexibility index (Phi) is 5.67. The van der Waals surface area contributed by atoms with Crippen molar-refractivity contribution in [3.05, 3.63) is 66.5 Å². The molecule has 0 radical (unpaired) electrons. The summed E-state index contributed by atoms with van der Waals surface area (Å²) in [6.45, 7) is 15.4. The summed E-state index contributed by atoms with van der Waals surface area (Å²) >= 11 is 0. The molecule has 3 rings (SSSR count). The maximum Gasteiger partial charge on any atom is 0.0439 e. The first-order valence-corrected chi connectivity index (χ1v) is 9.71. The second kappa shape index (κ2) is 7.95. The van der Waals surface area contributed by atoms with Crippen molar-refractivity contribution in [2.24, 2.45) is 5.92 Å². The summed E-state index contributed by atoms with van der Waals surface area (Å²) in [5, 5.41) is 3.09. The molecule has 1 aromatic carbocycles. The molecule has 0 bridgehead atoms. The Hall–Kier alpha value is -1.96. The SMILES string of the molecule is C=CNC(=C)CCC(C)N1Cc2cc(CC3CCCC3)ccc2C1=C. The lowest BCUT2D eigenvalue weighted by atomic mass is 9.95. The largest absolute Gasteiger partial charge is 0.366 e. The monoisotopic (exact) mass is 336 g/mol. The van der Waals surface area contributed by atoms with Crippen LogP contribution in [0.25, 0.3) is 5.70 Å². The third kappa shape index (κ3) is 4.18. The normalized spacial score (nSPS) is 18.3. The fraction of sp³-hybridized carbons (Fsp3) is 0.478. The molecule has 2 heteroatoms. The number of benzene rings is 1. The van der Waals surface area contributed by atoms with Crippen molar-refractivity contribution in [3.8, 4) is 0 Å². The summed E-state index contributed by atoms with van der Waals surface area (Å²) in [4.78, 5) is 2.45. The number of nitrogens with zero attached hydrogens (tertiary/aromatic N) is 1. The maximum atomic E-state index is 4.37. The van der Waals surface area contributed by atoms with Gasteiger partial charge >= 0.3 is 0 Å². The minimum Gasteiger partial charge on any atom is -0.366 e. The van der Waals surface area contributed by atoms with Crippen LogP contribution >= 0.6 is 0 Å². The molecule has 0 amide bonds. The van der Waals surface area contributed by atoms with Gasteiger partial charge in [-0.15, -0.1) is 0 Å². The van der Waals surface area contributed by atoms with Crippen LogP contribution in [0.1, 0.15) is 62.1 Å². The molecule has 1 saturated carbocycles. The van der Waals surface area contributed by atoms with Crippen LogP contribution in [-0.4, -0.2) is 10.9 Å². The average molecular weight is 337 g/mol. The third-order valence-electron chi connectivity index (χ3n) is 5.87. The van der Waals surface area contributed by atoms with Gasteiger partial charge < -0.3 is 10.2 Å². The molecule has 0 aromatic heterocycles. The summed E-state index contributed by atoms with van der Waals surface area (Å²) in [7, 11) is 0. The average Bonchev–Trinajstić information content (AvgIpc) is 3.21. The van der Waals surface area contributed by atoms with E-state index in [1.807, 2.05) is 0 Å². The number of fused-ring (bicyclic) bond motifs is 1. The lowest BCUT2D eigenvalue weighted by Gasteiger charge is -2.27. The Bertz CT molecular complexity index is 652. The molecule has 1 atom stereocenters. The minimum atomic E-state index is 0.460. The van der Waals surface area contributed by atoms with Gasteiger partial charge in [-0.1, -0.05) is 63.6 Å². The van der Waals surface area contributed by atoms with Crippen molar-refractivity contribution >= 4 is 5.70 Å². The smallest absolute Gasteiger partial charge is 0.0439 e. The van der Waals surface area contributed by atoms with E-state index in [4.69, 9.17) is 0 Å². The van der Waals surface area contributed by atoms with Gasteiger partial charge in [-0.05, 0) is 49.4 Å². The molecule has 1 aromatic rings. The van der Waals surface area contributed by atoms with E-state index in [-0.39, 0.29) is 0 Å². The predicted molar refractivity (Wildman–Crippen MR) is 108 cm³/mol. The zero-order valence-electron chi connectivity index (χ0n) is 15.7. The molecule has 1 aliphatic carbocycles. The lowest BCUT2D eigenvalue weighted by molar-refractivity contribution is 0.303. The maximum absolute atomic E-state index is 4.37. The zero-order chi connectivity index (χ0) is 17.8. The topological polar surface area (TPSA) is 15.3 Å². The molecule has 1 N–H and O–H groups in total. The Morgan fingerprint density at radius 3 is 2.84 bits per heavy atom. The molecular weight excluding hydrogens is 304 g/mol. The molecule has 2 nitrogen and oxygen atoms in total. The number of rotatable bonds is 8. The van der Waals surface area contributed by atoms with Crippen LogP contribution < -0.4 is 5.32 Å². The van der Waals surface area contributed by atoms with Crippen molar-refractivity contribution in [2.45, 2.75) is 64.5 Å². The number of hydrogen-bond acceptors (Lipinski definition) is 2. The highest BCUT2D eigenvalue weighted by molar-refractivity contribution is 5.69. The highest BCUT2D eigenvalue weighted by Gasteiger charge is 2.26. The summed E-state index contributed by atoms with van der Waals surface area (Å²) < 4.78 is 0. The van der Waals surface area contributed by atoms with Gasteiger partial charge in [0.05, 0.1) is 0 Å². The van der Waals surface area contributed by atoms with Gasteiger partial charge in [-0.3, -0.25) is 0 Å². The van der Waals surface area contributed by atoms with Gasteiger partial charge in [0.15, 0.2) is 0 Å². The summed E-state index contributed by atoms with van der Waals surface area (Å²) in [6.07, 6.45) is 10.6. The second-order valence-corrected chi connectivity index (χ2v) is 7.76. The van der Waals surface area contributed by atoms with E-state index in [2.05, 4.69) is 55.1 Å². The van der Waals surface area contributed by atoms with Crippen LogP contribution in [0.4, 0.5) is 0 Å². The van der Waals surface area contributed by atoms with Crippen LogP contribution in [0.3, 0.4) is 0 Å². The molecule has 1 unspecified atom stereocenters. The molecule has 2 aliphatic rings. The number of nitrogens with one attached hydrogen (secondary N) is 1. The van der Waals surface area contributed by atoms with Crippen molar-refractivity contribution in [3.63, 3.8) is 0 Å². The lowest BCUT2D eigenvalue weighted by Crippen LogP contribution is -2.27. The van der Waals surface area contributed by atoms with E-state index >= 15 is 0 Å². The molecule has 134 valence electrons. The Labute approximate surface area is 153 Å². The van der Waals surface area contributed by atoms with E-state index < -0.39 is 0 Å². The van der Waals surface area contributed by atoms with Crippen LogP contribution in [0, 0.1) is 5.92 Å². The minimum absolute atomic E-state index is 0.460. The van der Waals surface area contributed by atoms with Crippen molar-refractivity contribution in [1.82, 2.24) is 10.2 Å². The first-order valence-electron chi connectivity index (χ1n) is 9.71. The van der Waals surface area contributed by atoms with Crippen LogP contribution in [0.5, 0.6) is 0 Å². The Morgan fingerprint density at radius 2 is 2.12 bits per heavy atom. The Balaban J connectivity index is 1.61. The second-order valence-electron chi connectivity index (χ2n) is 7.76. The summed E-state index contributed by atoms with van der Waals surface area (Å²) in [5.74, 6) is 0.904. The fourth-order valence-electron chi connectivity index (χ4n) is 4.35. The quantitative estimate of drug-likeness (QED) is 0.662.